The fourth-order valence-corrected chi connectivity index (χ4v) is 3.38. The van der Waals surface area contributed by atoms with Crippen molar-refractivity contribution in [2.45, 2.75) is 52.5 Å². The zero-order valence-electron chi connectivity index (χ0n) is 16.3. The van der Waals surface area contributed by atoms with Gasteiger partial charge in [-0.05, 0) is 56.6 Å². The van der Waals surface area contributed by atoms with Gasteiger partial charge in [-0.2, -0.15) is 0 Å². The molecule has 1 aromatic rings. The molecule has 1 saturated carbocycles. The van der Waals surface area contributed by atoms with E-state index in [0.29, 0.717) is 24.7 Å². The predicted octanol–water partition coefficient (Wildman–Crippen LogP) is 2.58. The van der Waals surface area contributed by atoms with E-state index in [1.807, 2.05) is 0 Å². The van der Waals surface area contributed by atoms with Gasteiger partial charge in [-0.3, -0.25) is 14.8 Å². The van der Waals surface area contributed by atoms with Gasteiger partial charge in [-0.25, -0.2) is 0 Å². The molecule has 0 radical (unpaired) electrons. The third-order valence-corrected chi connectivity index (χ3v) is 4.99. The molecule has 0 aliphatic heterocycles. The molecule has 1 aliphatic carbocycles. The highest BCUT2D eigenvalue weighted by Gasteiger charge is 2.23. The molecule has 0 aromatic carbocycles. The minimum absolute atomic E-state index is 0.113. The van der Waals surface area contributed by atoms with Crippen LogP contribution in [0, 0.1) is 11.8 Å². The van der Waals surface area contributed by atoms with Crippen molar-refractivity contribution >= 4 is 11.9 Å². The Kier molecular flexibility index (Phi) is 8.38. The molecule has 26 heavy (non-hydrogen) atoms. The SMILES string of the molecule is CCNC(=NCCNC(=O)c1cccnc1)NC1CCC(C(C)C)CC1. The van der Waals surface area contributed by atoms with E-state index in [9.17, 15) is 4.79 Å². The van der Waals surface area contributed by atoms with Crippen molar-refractivity contribution in [2.24, 2.45) is 16.8 Å². The second-order valence-corrected chi connectivity index (χ2v) is 7.26. The number of nitrogens with one attached hydrogen (secondary N) is 3. The Morgan fingerprint density at radius 1 is 1.27 bits per heavy atom. The van der Waals surface area contributed by atoms with Crippen LogP contribution in [0.2, 0.25) is 0 Å². The van der Waals surface area contributed by atoms with Crippen molar-refractivity contribution in [3.8, 4) is 0 Å². The highest BCUT2D eigenvalue weighted by atomic mass is 16.1. The molecule has 1 heterocycles. The van der Waals surface area contributed by atoms with Gasteiger partial charge in [0.25, 0.3) is 5.91 Å². The van der Waals surface area contributed by atoms with E-state index in [0.717, 1.165) is 24.3 Å². The van der Waals surface area contributed by atoms with E-state index in [2.05, 4.69) is 46.7 Å². The average Bonchev–Trinajstić information content (AvgIpc) is 2.66. The summed E-state index contributed by atoms with van der Waals surface area (Å²) in [5.74, 6) is 2.37. The van der Waals surface area contributed by atoms with Crippen molar-refractivity contribution < 1.29 is 4.79 Å². The van der Waals surface area contributed by atoms with E-state index in [1.165, 1.54) is 25.7 Å². The molecule has 1 aliphatic rings. The predicted molar refractivity (Wildman–Crippen MR) is 106 cm³/mol. The lowest BCUT2D eigenvalue weighted by molar-refractivity contribution is 0.0954. The minimum Gasteiger partial charge on any atom is -0.357 e. The van der Waals surface area contributed by atoms with Crippen LogP contribution in [0.5, 0.6) is 0 Å². The van der Waals surface area contributed by atoms with Crippen LogP contribution in [0.4, 0.5) is 0 Å². The smallest absolute Gasteiger partial charge is 0.252 e. The average molecular weight is 360 g/mol. The van der Waals surface area contributed by atoms with E-state index in [1.54, 1.807) is 24.5 Å². The molecule has 0 unspecified atom stereocenters. The van der Waals surface area contributed by atoms with Crippen LogP contribution >= 0.6 is 0 Å². The van der Waals surface area contributed by atoms with Crippen LogP contribution in [-0.4, -0.2) is 42.5 Å². The minimum atomic E-state index is -0.113. The summed E-state index contributed by atoms with van der Waals surface area (Å²) in [7, 11) is 0. The molecule has 1 amide bonds. The van der Waals surface area contributed by atoms with Crippen molar-refractivity contribution in [2.75, 3.05) is 19.6 Å². The Bertz CT molecular complexity index is 565. The maximum absolute atomic E-state index is 12.0. The van der Waals surface area contributed by atoms with Gasteiger partial charge in [0.2, 0.25) is 0 Å². The van der Waals surface area contributed by atoms with Crippen molar-refractivity contribution in [1.29, 1.82) is 0 Å². The van der Waals surface area contributed by atoms with Crippen molar-refractivity contribution in [3.05, 3.63) is 30.1 Å². The first kappa shape index (κ1) is 20.2. The normalized spacial score (nSPS) is 20.7. The van der Waals surface area contributed by atoms with Gasteiger partial charge in [0.15, 0.2) is 5.96 Å². The summed E-state index contributed by atoms with van der Waals surface area (Å²) in [6, 6.07) is 4.01. The van der Waals surface area contributed by atoms with Crippen molar-refractivity contribution in [1.82, 2.24) is 20.9 Å². The second-order valence-electron chi connectivity index (χ2n) is 7.26. The molecule has 0 atom stereocenters. The first-order chi connectivity index (χ1) is 12.6. The van der Waals surface area contributed by atoms with Gasteiger partial charge in [-0.1, -0.05) is 13.8 Å². The Labute approximate surface area is 157 Å². The molecular formula is C20H33N5O. The largest absolute Gasteiger partial charge is 0.357 e. The molecule has 1 fully saturated rings. The maximum Gasteiger partial charge on any atom is 0.252 e. The van der Waals surface area contributed by atoms with Crippen LogP contribution in [0.1, 0.15) is 56.8 Å². The number of carbonyl (C=O) groups is 1. The molecular weight excluding hydrogens is 326 g/mol. The number of hydrogen-bond donors (Lipinski definition) is 3. The van der Waals surface area contributed by atoms with E-state index < -0.39 is 0 Å². The standard InChI is InChI=1S/C20H33N5O/c1-4-22-20(25-18-9-7-16(8-10-18)15(2)3)24-13-12-23-19(26)17-6-5-11-21-14-17/h5-6,11,14-16,18H,4,7-10,12-13H2,1-3H3,(H,23,26)(H2,22,24,25). The lowest BCUT2D eigenvalue weighted by Crippen LogP contribution is -2.45. The van der Waals surface area contributed by atoms with Crippen LogP contribution in [0.15, 0.2) is 29.5 Å². The molecule has 0 bridgehead atoms. The molecule has 3 N–H and O–H groups in total. The topological polar surface area (TPSA) is 78.4 Å². The molecule has 2 rings (SSSR count). The fourth-order valence-electron chi connectivity index (χ4n) is 3.38. The number of pyridine rings is 1. The van der Waals surface area contributed by atoms with Crippen LogP contribution < -0.4 is 16.0 Å². The Morgan fingerprint density at radius 2 is 2.04 bits per heavy atom. The second kappa shape index (κ2) is 10.8. The van der Waals surface area contributed by atoms with Gasteiger partial charge < -0.3 is 16.0 Å². The third-order valence-electron chi connectivity index (χ3n) is 4.99. The first-order valence-corrected chi connectivity index (χ1v) is 9.83. The molecule has 6 heteroatoms. The maximum atomic E-state index is 12.0. The Morgan fingerprint density at radius 3 is 2.65 bits per heavy atom. The summed E-state index contributed by atoms with van der Waals surface area (Å²) < 4.78 is 0. The van der Waals surface area contributed by atoms with Crippen LogP contribution in [-0.2, 0) is 0 Å². The summed E-state index contributed by atoms with van der Waals surface area (Å²) in [5.41, 5.74) is 0.573. The van der Waals surface area contributed by atoms with Crippen molar-refractivity contribution in [3.63, 3.8) is 0 Å². The van der Waals surface area contributed by atoms with Gasteiger partial charge in [0.1, 0.15) is 0 Å². The molecule has 6 nitrogen and oxygen atoms in total. The third kappa shape index (κ3) is 6.65. The van der Waals surface area contributed by atoms with Gasteiger partial charge in [0, 0.05) is 31.5 Å². The molecule has 0 spiro atoms. The lowest BCUT2D eigenvalue weighted by Gasteiger charge is -2.32. The van der Waals surface area contributed by atoms with E-state index >= 15 is 0 Å². The monoisotopic (exact) mass is 359 g/mol. The van der Waals surface area contributed by atoms with E-state index in [4.69, 9.17) is 0 Å². The van der Waals surface area contributed by atoms with Crippen LogP contribution in [0.25, 0.3) is 0 Å². The Hall–Kier alpha value is -2.11. The number of amides is 1. The number of rotatable bonds is 7. The summed E-state index contributed by atoms with van der Waals surface area (Å²) in [4.78, 5) is 20.5. The molecule has 1 aromatic heterocycles. The summed E-state index contributed by atoms with van der Waals surface area (Å²) in [6.07, 6.45) is 8.20. The number of guanidine groups is 1. The molecule has 0 saturated heterocycles. The number of hydrogen-bond acceptors (Lipinski definition) is 3. The quantitative estimate of drug-likeness (QED) is 0.397. The van der Waals surface area contributed by atoms with E-state index in [-0.39, 0.29) is 5.91 Å². The number of nitrogens with zero attached hydrogens (tertiary/aromatic N) is 2. The van der Waals surface area contributed by atoms with Gasteiger partial charge in [0.05, 0.1) is 12.1 Å². The number of aromatic nitrogens is 1. The van der Waals surface area contributed by atoms with Crippen LogP contribution in [0.3, 0.4) is 0 Å². The van der Waals surface area contributed by atoms with Gasteiger partial charge in [-0.15, -0.1) is 0 Å². The Balaban J connectivity index is 1.75. The highest BCUT2D eigenvalue weighted by molar-refractivity contribution is 5.93. The zero-order chi connectivity index (χ0) is 18.8. The van der Waals surface area contributed by atoms with Gasteiger partial charge >= 0.3 is 0 Å². The number of aliphatic imine (C=N–C) groups is 1. The summed E-state index contributed by atoms with van der Waals surface area (Å²) >= 11 is 0. The summed E-state index contributed by atoms with van der Waals surface area (Å²) in [6.45, 7) is 8.59. The highest BCUT2D eigenvalue weighted by Crippen LogP contribution is 2.29. The number of carbonyl (C=O) groups excluding carboxylic acids is 1. The zero-order valence-corrected chi connectivity index (χ0v) is 16.3. The molecule has 144 valence electrons. The summed E-state index contributed by atoms with van der Waals surface area (Å²) in [5, 5.41) is 9.73. The lowest BCUT2D eigenvalue weighted by atomic mass is 9.80. The fraction of sp³-hybridized carbons (Fsp3) is 0.650. The first-order valence-electron chi connectivity index (χ1n) is 9.83.